The third kappa shape index (κ3) is 2.14. The third-order valence-electron chi connectivity index (χ3n) is 3.37. The van der Waals surface area contributed by atoms with Gasteiger partial charge in [0, 0.05) is 11.2 Å². The van der Waals surface area contributed by atoms with E-state index in [0.717, 1.165) is 27.7 Å². The summed E-state index contributed by atoms with van der Waals surface area (Å²) in [6.45, 7) is -0.0759. The van der Waals surface area contributed by atoms with E-state index >= 15 is 0 Å². The van der Waals surface area contributed by atoms with Crippen LogP contribution in [0.4, 0.5) is 0 Å². The van der Waals surface area contributed by atoms with Gasteiger partial charge >= 0.3 is 0 Å². The molecule has 3 rings (SSSR count). The van der Waals surface area contributed by atoms with Crippen molar-refractivity contribution in [3.63, 3.8) is 0 Å². The predicted octanol–water partition coefficient (Wildman–Crippen LogP) is 2.74. The van der Waals surface area contributed by atoms with E-state index in [0.29, 0.717) is 0 Å². The van der Waals surface area contributed by atoms with E-state index in [1.165, 1.54) is 0 Å². The lowest BCUT2D eigenvalue weighted by Crippen LogP contribution is -2.04. The van der Waals surface area contributed by atoms with E-state index < -0.39 is 6.10 Å². The van der Waals surface area contributed by atoms with Crippen LogP contribution in [0.25, 0.3) is 10.9 Å². The molecule has 0 bridgehead atoms. The average molecular weight is 253 g/mol. The van der Waals surface area contributed by atoms with Gasteiger partial charge in [0.1, 0.15) is 6.10 Å². The molecule has 19 heavy (non-hydrogen) atoms. The quantitative estimate of drug-likeness (QED) is 0.672. The molecular weight excluding hydrogens is 238 g/mol. The molecule has 1 heterocycles. The van der Waals surface area contributed by atoms with Gasteiger partial charge in [0.05, 0.1) is 6.61 Å². The van der Waals surface area contributed by atoms with Crippen molar-refractivity contribution in [2.45, 2.75) is 12.7 Å². The molecule has 0 radical (unpaired) electrons. The molecule has 3 heteroatoms. The zero-order chi connectivity index (χ0) is 13.2. The van der Waals surface area contributed by atoms with Gasteiger partial charge < -0.3 is 15.2 Å². The Morgan fingerprint density at radius 1 is 1.00 bits per heavy atom. The summed E-state index contributed by atoms with van der Waals surface area (Å²) in [5.41, 5.74) is 3.21. The Morgan fingerprint density at radius 2 is 1.74 bits per heavy atom. The van der Waals surface area contributed by atoms with E-state index in [9.17, 15) is 10.2 Å². The minimum Gasteiger partial charge on any atom is -0.392 e. The number of hydrogen-bond donors (Lipinski definition) is 3. The van der Waals surface area contributed by atoms with Gasteiger partial charge in [-0.2, -0.15) is 0 Å². The summed E-state index contributed by atoms with van der Waals surface area (Å²) < 4.78 is 0. The minimum atomic E-state index is -0.754. The standard InChI is InChI=1S/C16H15NO2/c18-10-12-6-1-3-7-13(12)16(19)15-9-11-5-2-4-8-14(11)17-15/h1-9,16-19H,10H2. The molecule has 2 aromatic carbocycles. The highest BCUT2D eigenvalue weighted by molar-refractivity contribution is 5.80. The molecule has 0 amide bonds. The Kier molecular flexibility index (Phi) is 3.07. The second kappa shape index (κ2) is 4.88. The molecule has 96 valence electrons. The van der Waals surface area contributed by atoms with Gasteiger partial charge in [-0.15, -0.1) is 0 Å². The molecule has 0 aliphatic carbocycles. The van der Waals surface area contributed by atoms with Gasteiger partial charge in [-0.05, 0) is 28.6 Å². The van der Waals surface area contributed by atoms with Crippen LogP contribution >= 0.6 is 0 Å². The van der Waals surface area contributed by atoms with E-state index in [1.807, 2.05) is 54.6 Å². The van der Waals surface area contributed by atoms with E-state index in [4.69, 9.17) is 0 Å². The topological polar surface area (TPSA) is 56.2 Å². The van der Waals surface area contributed by atoms with Crippen molar-refractivity contribution in [1.29, 1.82) is 0 Å². The molecule has 0 saturated carbocycles. The monoisotopic (exact) mass is 253 g/mol. The second-order valence-electron chi connectivity index (χ2n) is 4.57. The first kappa shape index (κ1) is 12.0. The van der Waals surface area contributed by atoms with Gasteiger partial charge in [-0.3, -0.25) is 0 Å². The predicted molar refractivity (Wildman–Crippen MR) is 74.7 cm³/mol. The van der Waals surface area contributed by atoms with Gasteiger partial charge in [0.25, 0.3) is 0 Å². The second-order valence-corrected chi connectivity index (χ2v) is 4.57. The van der Waals surface area contributed by atoms with Crippen molar-refractivity contribution >= 4 is 10.9 Å². The third-order valence-corrected chi connectivity index (χ3v) is 3.37. The van der Waals surface area contributed by atoms with Crippen LogP contribution in [0.2, 0.25) is 0 Å². The number of aromatic nitrogens is 1. The molecule has 0 fully saturated rings. The van der Waals surface area contributed by atoms with Crippen molar-refractivity contribution in [2.75, 3.05) is 0 Å². The Bertz CT molecular complexity index is 670. The fourth-order valence-electron chi connectivity index (χ4n) is 2.36. The highest BCUT2D eigenvalue weighted by atomic mass is 16.3. The van der Waals surface area contributed by atoms with E-state index in [1.54, 1.807) is 0 Å². The van der Waals surface area contributed by atoms with Crippen LogP contribution in [0.3, 0.4) is 0 Å². The van der Waals surface area contributed by atoms with Crippen LogP contribution in [0.1, 0.15) is 22.9 Å². The van der Waals surface area contributed by atoms with E-state index in [-0.39, 0.29) is 6.61 Å². The smallest absolute Gasteiger partial charge is 0.119 e. The SMILES string of the molecule is OCc1ccccc1C(O)c1cc2ccccc2[nH]1. The summed E-state index contributed by atoms with van der Waals surface area (Å²) in [5, 5.41) is 20.9. The van der Waals surface area contributed by atoms with Crippen molar-refractivity contribution in [1.82, 2.24) is 4.98 Å². The maximum atomic E-state index is 10.5. The van der Waals surface area contributed by atoms with Gasteiger partial charge in [0.15, 0.2) is 0 Å². The zero-order valence-corrected chi connectivity index (χ0v) is 10.4. The maximum absolute atomic E-state index is 10.5. The number of aromatic amines is 1. The molecule has 0 aliphatic rings. The Morgan fingerprint density at radius 3 is 2.53 bits per heavy atom. The lowest BCUT2D eigenvalue weighted by atomic mass is 10.0. The summed E-state index contributed by atoms with van der Waals surface area (Å²) in [6, 6.07) is 17.2. The van der Waals surface area contributed by atoms with Gasteiger partial charge in [-0.1, -0.05) is 42.5 Å². The van der Waals surface area contributed by atoms with Crippen LogP contribution in [0, 0.1) is 0 Å². The number of aliphatic hydroxyl groups is 2. The zero-order valence-electron chi connectivity index (χ0n) is 10.4. The molecule has 1 unspecified atom stereocenters. The molecule has 1 atom stereocenters. The number of fused-ring (bicyclic) bond motifs is 1. The lowest BCUT2D eigenvalue weighted by molar-refractivity contribution is 0.209. The Labute approximate surface area is 111 Å². The molecule has 3 N–H and O–H groups in total. The molecule has 0 saturated heterocycles. The summed E-state index contributed by atoms with van der Waals surface area (Å²) in [6.07, 6.45) is -0.754. The largest absolute Gasteiger partial charge is 0.392 e. The molecule has 3 nitrogen and oxygen atoms in total. The summed E-state index contributed by atoms with van der Waals surface area (Å²) in [5.74, 6) is 0. The van der Waals surface area contributed by atoms with E-state index in [2.05, 4.69) is 4.98 Å². The number of benzene rings is 2. The Hall–Kier alpha value is -2.10. The summed E-state index contributed by atoms with van der Waals surface area (Å²) in [4.78, 5) is 3.21. The van der Waals surface area contributed by atoms with Gasteiger partial charge in [-0.25, -0.2) is 0 Å². The number of aliphatic hydroxyl groups excluding tert-OH is 2. The average Bonchev–Trinajstić information content (AvgIpc) is 2.90. The first-order valence-electron chi connectivity index (χ1n) is 6.24. The van der Waals surface area contributed by atoms with Crippen LogP contribution < -0.4 is 0 Å². The van der Waals surface area contributed by atoms with Crippen molar-refractivity contribution in [3.05, 3.63) is 71.4 Å². The van der Waals surface area contributed by atoms with Crippen molar-refractivity contribution in [3.8, 4) is 0 Å². The van der Waals surface area contributed by atoms with Crippen molar-refractivity contribution in [2.24, 2.45) is 0 Å². The summed E-state index contributed by atoms with van der Waals surface area (Å²) >= 11 is 0. The first-order valence-corrected chi connectivity index (χ1v) is 6.24. The van der Waals surface area contributed by atoms with Crippen LogP contribution in [0.15, 0.2) is 54.6 Å². The normalized spacial score (nSPS) is 12.7. The fraction of sp³-hybridized carbons (Fsp3) is 0.125. The number of para-hydroxylation sites is 1. The maximum Gasteiger partial charge on any atom is 0.119 e. The van der Waals surface area contributed by atoms with Crippen LogP contribution in [-0.2, 0) is 6.61 Å². The number of rotatable bonds is 3. The minimum absolute atomic E-state index is 0.0759. The highest BCUT2D eigenvalue weighted by Crippen LogP contribution is 2.27. The van der Waals surface area contributed by atoms with Crippen LogP contribution in [-0.4, -0.2) is 15.2 Å². The molecule has 3 aromatic rings. The summed E-state index contributed by atoms with van der Waals surface area (Å²) in [7, 11) is 0. The van der Waals surface area contributed by atoms with Crippen molar-refractivity contribution < 1.29 is 10.2 Å². The molecular formula is C16H15NO2. The van der Waals surface area contributed by atoms with Gasteiger partial charge in [0.2, 0.25) is 0 Å². The lowest BCUT2D eigenvalue weighted by Gasteiger charge is -2.13. The molecule has 0 aliphatic heterocycles. The molecule has 0 spiro atoms. The number of nitrogens with one attached hydrogen (secondary N) is 1. The molecule has 1 aromatic heterocycles. The fourth-order valence-corrected chi connectivity index (χ4v) is 2.36. The first-order chi connectivity index (χ1) is 9.29. The number of hydrogen-bond acceptors (Lipinski definition) is 2. The number of H-pyrrole nitrogens is 1. The Balaban J connectivity index is 2.05. The highest BCUT2D eigenvalue weighted by Gasteiger charge is 2.15. The van der Waals surface area contributed by atoms with Crippen LogP contribution in [0.5, 0.6) is 0 Å².